The topological polar surface area (TPSA) is 68.4 Å². The molecule has 1 aliphatic carbocycles. The summed E-state index contributed by atoms with van der Waals surface area (Å²) in [5.74, 6) is -0.211. The lowest BCUT2D eigenvalue weighted by Crippen LogP contribution is -2.47. The van der Waals surface area contributed by atoms with Gasteiger partial charge >= 0.3 is 0 Å². The maximum atomic E-state index is 12.9. The van der Waals surface area contributed by atoms with Crippen molar-refractivity contribution in [2.75, 3.05) is 42.9 Å². The number of rotatable bonds is 6. The van der Waals surface area contributed by atoms with E-state index in [1.165, 1.54) is 19.4 Å². The van der Waals surface area contributed by atoms with Gasteiger partial charge in [-0.2, -0.15) is 0 Å². The first kappa shape index (κ1) is 19.8. The van der Waals surface area contributed by atoms with Crippen LogP contribution in [0.15, 0.2) is 48.5 Å². The number of amides is 1. The first-order valence-corrected chi connectivity index (χ1v) is 11.1. The van der Waals surface area contributed by atoms with Crippen LogP contribution in [0.4, 0.5) is 11.4 Å². The van der Waals surface area contributed by atoms with Crippen LogP contribution >= 0.6 is 0 Å². The summed E-state index contributed by atoms with van der Waals surface area (Å²) in [7, 11) is 0. The molecule has 2 heterocycles. The van der Waals surface area contributed by atoms with Gasteiger partial charge in [0, 0.05) is 60.7 Å². The molecule has 1 saturated carbocycles. The normalized spacial score (nSPS) is 17.1. The fourth-order valence-electron chi connectivity index (χ4n) is 4.51. The smallest absolute Gasteiger partial charge is 0.296 e. The molecule has 160 valence electrons. The van der Waals surface area contributed by atoms with Gasteiger partial charge in [-0.25, -0.2) is 0 Å². The quantitative estimate of drug-likeness (QED) is 0.473. The van der Waals surface area contributed by atoms with E-state index in [2.05, 4.69) is 26.2 Å². The molecule has 6 heteroatoms. The number of anilines is 2. The van der Waals surface area contributed by atoms with Crippen molar-refractivity contribution >= 4 is 34.0 Å². The van der Waals surface area contributed by atoms with Crippen molar-refractivity contribution in [2.24, 2.45) is 5.92 Å². The van der Waals surface area contributed by atoms with Gasteiger partial charge in [0.05, 0.1) is 5.56 Å². The number of aromatic nitrogens is 1. The number of aromatic amines is 1. The number of nitrogens with zero attached hydrogens (tertiary/aromatic N) is 2. The number of aryl methyl sites for hydroxylation is 1. The second-order valence-corrected chi connectivity index (χ2v) is 8.74. The number of carbonyl (C=O) groups is 2. The summed E-state index contributed by atoms with van der Waals surface area (Å²) >= 11 is 0. The maximum Gasteiger partial charge on any atom is 0.296 e. The number of ketones is 1. The van der Waals surface area contributed by atoms with Crippen LogP contribution in [0.25, 0.3) is 10.9 Å². The SMILES string of the molecule is Cc1[nH]c2ccccc2c1C(=O)C(=O)Nc1cccc(N2CCN(CC3CC3)CC2)c1. The van der Waals surface area contributed by atoms with Crippen LogP contribution in [0.1, 0.15) is 28.9 Å². The maximum absolute atomic E-state index is 12.9. The molecule has 2 fully saturated rings. The second-order valence-electron chi connectivity index (χ2n) is 8.74. The summed E-state index contributed by atoms with van der Waals surface area (Å²) in [6.07, 6.45) is 2.78. The van der Waals surface area contributed by atoms with Crippen molar-refractivity contribution in [3.63, 3.8) is 0 Å². The third-order valence-corrected chi connectivity index (χ3v) is 6.38. The second kappa shape index (κ2) is 8.19. The van der Waals surface area contributed by atoms with Gasteiger partial charge in [-0.1, -0.05) is 24.3 Å². The summed E-state index contributed by atoms with van der Waals surface area (Å²) in [4.78, 5) is 33.8. The predicted octanol–water partition coefficient (Wildman–Crippen LogP) is 3.83. The molecule has 31 heavy (non-hydrogen) atoms. The number of Topliss-reactive ketones (excluding diaryl/α,β-unsaturated/α-hetero) is 1. The van der Waals surface area contributed by atoms with Gasteiger partial charge in [-0.3, -0.25) is 14.5 Å². The number of benzene rings is 2. The Bertz CT molecular complexity index is 1120. The molecule has 5 rings (SSSR count). The van der Waals surface area contributed by atoms with Crippen LogP contribution in [-0.4, -0.2) is 54.3 Å². The monoisotopic (exact) mass is 416 g/mol. The lowest BCUT2D eigenvalue weighted by atomic mass is 10.1. The van der Waals surface area contributed by atoms with E-state index >= 15 is 0 Å². The van der Waals surface area contributed by atoms with Gasteiger partial charge in [0.15, 0.2) is 0 Å². The average molecular weight is 417 g/mol. The number of H-pyrrole nitrogens is 1. The van der Waals surface area contributed by atoms with Gasteiger partial charge in [-0.05, 0) is 49.9 Å². The average Bonchev–Trinajstić information content (AvgIpc) is 3.53. The van der Waals surface area contributed by atoms with E-state index in [0.29, 0.717) is 16.9 Å². The Hall–Kier alpha value is -3.12. The molecule has 3 aromatic rings. The van der Waals surface area contributed by atoms with Gasteiger partial charge in [0.2, 0.25) is 0 Å². The van der Waals surface area contributed by atoms with Crippen LogP contribution in [0, 0.1) is 12.8 Å². The Kier molecular flexibility index (Phi) is 5.24. The highest BCUT2D eigenvalue weighted by atomic mass is 16.2. The largest absolute Gasteiger partial charge is 0.369 e. The molecule has 0 unspecified atom stereocenters. The molecule has 2 aliphatic rings. The van der Waals surface area contributed by atoms with E-state index in [-0.39, 0.29) is 0 Å². The molecule has 2 N–H and O–H groups in total. The van der Waals surface area contributed by atoms with E-state index in [0.717, 1.165) is 48.7 Å². The molecule has 0 bridgehead atoms. The predicted molar refractivity (Wildman–Crippen MR) is 124 cm³/mol. The molecular weight excluding hydrogens is 388 g/mol. The number of hydrogen-bond donors (Lipinski definition) is 2. The van der Waals surface area contributed by atoms with Crippen molar-refractivity contribution in [2.45, 2.75) is 19.8 Å². The fraction of sp³-hybridized carbons (Fsp3) is 0.360. The molecule has 1 aliphatic heterocycles. The number of piperazine rings is 1. The van der Waals surface area contributed by atoms with E-state index < -0.39 is 11.7 Å². The van der Waals surface area contributed by atoms with Crippen LogP contribution in [-0.2, 0) is 4.79 Å². The van der Waals surface area contributed by atoms with E-state index in [4.69, 9.17) is 0 Å². The van der Waals surface area contributed by atoms with Crippen LogP contribution in [0.3, 0.4) is 0 Å². The minimum absolute atomic E-state index is 0.441. The minimum atomic E-state index is -0.612. The van der Waals surface area contributed by atoms with Crippen LogP contribution in [0.5, 0.6) is 0 Å². The highest BCUT2D eigenvalue weighted by molar-refractivity contribution is 6.48. The fourth-order valence-corrected chi connectivity index (χ4v) is 4.51. The molecule has 1 aromatic heterocycles. The summed E-state index contributed by atoms with van der Waals surface area (Å²) in [5.41, 5.74) is 3.74. The number of nitrogens with one attached hydrogen (secondary N) is 2. The third kappa shape index (κ3) is 4.21. The number of para-hydroxylation sites is 1. The molecule has 0 spiro atoms. The standard InChI is InChI=1S/C25H28N4O2/c1-17-23(21-7-2-3-8-22(21)26-17)24(30)25(31)27-19-5-4-6-20(15-19)29-13-11-28(12-14-29)16-18-9-10-18/h2-8,15,18,26H,9-14,16H2,1H3,(H,27,31). The Morgan fingerprint density at radius 3 is 2.58 bits per heavy atom. The minimum Gasteiger partial charge on any atom is -0.369 e. The van der Waals surface area contributed by atoms with E-state index in [9.17, 15) is 9.59 Å². The summed E-state index contributed by atoms with van der Waals surface area (Å²) in [6, 6.07) is 15.3. The molecule has 1 amide bonds. The summed E-state index contributed by atoms with van der Waals surface area (Å²) < 4.78 is 0. The first-order chi connectivity index (χ1) is 15.1. The highest BCUT2D eigenvalue weighted by Gasteiger charge is 2.27. The molecule has 1 saturated heterocycles. The number of carbonyl (C=O) groups excluding carboxylic acids is 2. The van der Waals surface area contributed by atoms with Crippen LogP contribution < -0.4 is 10.2 Å². The molecule has 0 radical (unpaired) electrons. The van der Waals surface area contributed by atoms with Gasteiger partial charge in [0.25, 0.3) is 11.7 Å². The van der Waals surface area contributed by atoms with Crippen molar-refractivity contribution in [3.8, 4) is 0 Å². The molecule has 2 aromatic carbocycles. The zero-order chi connectivity index (χ0) is 21.4. The number of hydrogen-bond acceptors (Lipinski definition) is 4. The van der Waals surface area contributed by atoms with E-state index in [1.54, 1.807) is 0 Å². The molecule has 0 atom stereocenters. The lowest BCUT2D eigenvalue weighted by Gasteiger charge is -2.36. The van der Waals surface area contributed by atoms with Crippen molar-refractivity contribution in [1.82, 2.24) is 9.88 Å². The Labute approximate surface area is 182 Å². The lowest BCUT2D eigenvalue weighted by molar-refractivity contribution is -0.112. The molecular formula is C25H28N4O2. The highest BCUT2D eigenvalue weighted by Crippen LogP contribution is 2.30. The zero-order valence-corrected chi connectivity index (χ0v) is 17.9. The van der Waals surface area contributed by atoms with Gasteiger partial charge in [-0.15, -0.1) is 0 Å². The Morgan fingerprint density at radius 1 is 1.03 bits per heavy atom. The molecule has 6 nitrogen and oxygen atoms in total. The van der Waals surface area contributed by atoms with E-state index in [1.807, 2.05) is 49.4 Å². The summed E-state index contributed by atoms with van der Waals surface area (Å²) in [5, 5.41) is 3.58. The first-order valence-electron chi connectivity index (χ1n) is 11.1. The third-order valence-electron chi connectivity index (χ3n) is 6.38. The van der Waals surface area contributed by atoms with Crippen LogP contribution in [0.2, 0.25) is 0 Å². The van der Waals surface area contributed by atoms with Crippen molar-refractivity contribution in [3.05, 3.63) is 59.8 Å². The van der Waals surface area contributed by atoms with Crippen molar-refractivity contribution < 1.29 is 9.59 Å². The summed E-state index contributed by atoms with van der Waals surface area (Å²) in [6.45, 7) is 7.18. The van der Waals surface area contributed by atoms with Crippen molar-refractivity contribution in [1.29, 1.82) is 0 Å². The Morgan fingerprint density at radius 2 is 1.81 bits per heavy atom. The zero-order valence-electron chi connectivity index (χ0n) is 17.9. The van der Waals surface area contributed by atoms with Gasteiger partial charge < -0.3 is 15.2 Å². The Balaban J connectivity index is 1.26. The number of fused-ring (bicyclic) bond motifs is 1. The van der Waals surface area contributed by atoms with Gasteiger partial charge in [0.1, 0.15) is 0 Å².